The van der Waals surface area contributed by atoms with Gasteiger partial charge in [0.2, 0.25) is 0 Å². The first-order valence-corrected chi connectivity index (χ1v) is 4.27. The van der Waals surface area contributed by atoms with Crippen molar-refractivity contribution in [2.75, 3.05) is 7.11 Å². The molecule has 0 aromatic carbocycles. The third kappa shape index (κ3) is 2.04. The highest BCUT2D eigenvalue weighted by molar-refractivity contribution is 6.17. The van der Waals surface area contributed by atoms with Gasteiger partial charge in [-0.2, -0.15) is 0 Å². The van der Waals surface area contributed by atoms with E-state index in [-0.39, 0.29) is 17.3 Å². The first kappa shape index (κ1) is 11.0. The normalized spacial score (nSPS) is 10.6. The van der Waals surface area contributed by atoms with Crippen LogP contribution in [0.5, 0.6) is 5.88 Å². The van der Waals surface area contributed by atoms with Crippen LogP contribution in [0.25, 0.3) is 0 Å². The maximum Gasteiger partial charge on any atom is 0.269 e. The van der Waals surface area contributed by atoms with E-state index in [1.165, 1.54) is 13.2 Å². The Labute approximate surface area is 83.7 Å². The average Bonchev–Trinajstić information content (AvgIpc) is 2.15. The van der Waals surface area contributed by atoms with Crippen LogP contribution in [-0.4, -0.2) is 12.1 Å². The third-order valence-corrected chi connectivity index (χ3v) is 2.00. The van der Waals surface area contributed by atoms with Crippen LogP contribution in [0, 0.1) is 0 Å². The molecule has 0 saturated heterocycles. The van der Waals surface area contributed by atoms with Gasteiger partial charge in [-0.15, -0.1) is 11.6 Å². The van der Waals surface area contributed by atoms with Gasteiger partial charge in [-0.25, -0.2) is 8.78 Å². The van der Waals surface area contributed by atoms with Gasteiger partial charge in [0, 0.05) is 11.9 Å². The summed E-state index contributed by atoms with van der Waals surface area (Å²) in [4.78, 5) is 13.3. The first-order valence-electron chi connectivity index (χ1n) is 3.74. The molecule has 1 N–H and O–H groups in total. The van der Waals surface area contributed by atoms with Crippen LogP contribution < -0.4 is 10.3 Å². The molecule has 1 aromatic rings. The molecule has 0 fully saturated rings. The van der Waals surface area contributed by atoms with Gasteiger partial charge in [-0.05, 0) is 5.56 Å². The first-order chi connectivity index (χ1) is 6.60. The average molecular weight is 224 g/mol. The lowest BCUT2D eigenvalue weighted by Crippen LogP contribution is -2.16. The number of H-pyrrole nitrogens is 1. The van der Waals surface area contributed by atoms with E-state index >= 15 is 0 Å². The third-order valence-electron chi connectivity index (χ3n) is 1.71. The van der Waals surface area contributed by atoms with Gasteiger partial charge in [0.1, 0.15) is 0 Å². The molecule has 0 bridgehead atoms. The number of alkyl halides is 3. The molecule has 0 spiro atoms. The van der Waals surface area contributed by atoms with Crippen molar-refractivity contribution >= 4 is 11.6 Å². The lowest BCUT2D eigenvalue weighted by atomic mass is 10.1. The molecule has 1 heterocycles. The van der Waals surface area contributed by atoms with Gasteiger partial charge < -0.3 is 4.74 Å². The summed E-state index contributed by atoms with van der Waals surface area (Å²) in [5.74, 6) is -0.0324. The van der Waals surface area contributed by atoms with Gasteiger partial charge in [-0.3, -0.25) is 9.78 Å². The number of aromatic amines is 1. The van der Waals surface area contributed by atoms with Crippen molar-refractivity contribution in [2.24, 2.45) is 0 Å². The highest BCUT2D eigenvalue weighted by atomic mass is 35.5. The quantitative estimate of drug-likeness (QED) is 0.797. The molecule has 6 heteroatoms. The number of pyridine rings is 1. The highest BCUT2D eigenvalue weighted by Gasteiger charge is 2.18. The minimum atomic E-state index is -2.83. The second-order valence-corrected chi connectivity index (χ2v) is 2.81. The van der Waals surface area contributed by atoms with Crippen LogP contribution in [0.3, 0.4) is 0 Å². The van der Waals surface area contributed by atoms with E-state index in [2.05, 4.69) is 4.98 Å². The van der Waals surface area contributed by atoms with Crippen molar-refractivity contribution in [1.82, 2.24) is 4.98 Å². The fourth-order valence-electron chi connectivity index (χ4n) is 1.06. The Bertz CT molecular complexity index is 378. The van der Waals surface area contributed by atoms with Crippen LogP contribution in [-0.2, 0) is 5.88 Å². The lowest BCUT2D eigenvalue weighted by molar-refractivity contribution is 0.148. The standard InChI is InChI=1S/C8H8ClF2NO2/c1-14-5-2-4(3-9)6(7(10)11)8(13)12-5/h2,7H,3H2,1H3,(H,12,13). The molecule has 1 rings (SSSR count). The number of hydrogen-bond donors (Lipinski definition) is 1. The number of aromatic nitrogens is 1. The molecule has 0 aliphatic rings. The Morgan fingerprint density at radius 1 is 1.64 bits per heavy atom. The molecule has 0 radical (unpaired) electrons. The summed E-state index contributed by atoms with van der Waals surface area (Å²) in [5, 5.41) is 0. The number of halogens is 3. The number of rotatable bonds is 3. The van der Waals surface area contributed by atoms with E-state index in [0.29, 0.717) is 0 Å². The molecule has 0 atom stereocenters. The zero-order valence-electron chi connectivity index (χ0n) is 7.31. The predicted octanol–water partition coefficient (Wildman–Crippen LogP) is 2.06. The number of nitrogens with one attached hydrogen (secondary N) is 1. The predicted molar refractivity (Wildman–Crippen MR) is 48.1 cm³/mol. The summed E-state index contributed by atoms with van der Waals surface area (Å²) in [5.41, 5.74) is -1.38. The smallest absolute Gasteiger partial charge is 0.269 e. The molecule has 0 aliphatic carbocycles. The molecule has 0 saturated carbocycles. The zero-order valence-corrected chi connectivity index (χ0v) is 8.07. The van der Waals surface area contributed by atoms with Crippen LogP contribution in [0.2, 0.25) is 0 Å². The lowest BCUT2D eigenvalue weighted by Gasteiger charge is -2.07. The molecule has 3 nitrogen and oxygen atoms in total. The molecule has 1 aromatic heterocycles. The summed E-state index contributed by atoms with van der Waals surface area (Å²) < 4.78 is 29.5. The van der Waals surface area contributed by atoms with Gasteiger partial charge in [0.15, 0.2) is 5.88 Å². The SMILES string of the molecule is COc1cc(CCl)c(C(F)F)c(=O)[nH]1. The highest BCUT2D eigenvalue weighted by Crippen LogP contribution is 2.22. The van der Waals surface area contributed by atoms with E-state index in [1.54, 1.807) is 0 Å². The van der Waals surface area contributed by atoms with Crippen molar-refractivity contribution < 1.29 is 13.5 Å². The Morgan fingerprint density at radius 3 is 2.71 bits per heavy atom. The van der Waals surface area contributed by atoms with E-state index in [1.807, 2.05) is 0 Å². The second-order valence-electron chi connectivity index (χ2n) is 2.54. The number of hydrogen-bond acceptors (Lipinski definition) is 2. The topological polar surface area (TPSA) is 42.1 Å². The molecular weight excluding hydrogens is 216 g/mol. The van der Waals surface area contributed by atoms with Crippen LogP contribution in [0.15, 0.2) is 10.9 Å². The van der Waals surface area contributed by atoms with E-state index in [4.69, 9.17) is 16.3 Å². The molecule has 14 heavy (non-hydrogen) atoms. The van der Waals surface area contributed by atoms with Crippen LogP contribution in [0.1, 0.15) is 17.6 Å². The fraction of sp³-hybridized carbons (Fsp3) is 0.375. The van der Waals surface area contributed by atoms with Crippen LogP contribution >= 0.6 is 11.6 Å². The number of methoxy groups -OCH3 is 1. The minimum Gasteiger partial charge on any atom is -0.482 e. The van der Waals surface area contributed by atoms with Crippen molar-refractivity contribution in [1.29, 1.82) is 0 Å². The molecule has 0 amide bonds. The minimum absolute atomic E-state index is 0.0854. The van der Waals surface area contributed by atoms with Gasteiger partial charge in [-0.1, -0.05) is 0 Å². The number of ether oxygens (including phenoxy) is 1. The van der Waals surface area contributed by atoms with Gasteiger partial charge in [0.25, 0.3) is 12.0 Å². The van der Waals surface area contributed by atoms with E-state index < -0.39 is 17.5 Å². The molecule has 78 valence electrons. The summed E-state index contributed by atoms with van der Waals surface area (Å²) in [6, 6.07) is 1.29. The summed E-state index contributed by atoms with van der Waals surface area (Å²) in [7, 11) is 1.32. The summed E-state index contributed by atoms with van der Waals surface area (Å²) in [6.07, 6.45) is -2.83. The molecule has 0 unspecified atom stereocenters. The van der Waals surface area contributed by atoms with Gasteiger partial charge in [0.05, 0.1) is 12.7 Å². The Hall–Kier alpha value is -1.10. The second kappa shape index (κ2) is 4.41. The Morgan fingerprint density at radius 2 is 2.29 bits per heavy atom. The van der Waals surface area contributed by atoms with E-state index in [0.717, 1.165) is 0 Å². The van der Waals surface area contributed by atoms with Crippen molar-refractivity contribution in [3.05, 3.63) is 27.5 Å². The molecular formula is C8H8ClF2NO2. The zero-order chi connectivity index (χ0) is 10.7. The maximum atomic E-state index is 12.4. The van der Waals surface area contributed by atoms with E-state index in [9.17, 15) is 13.6 Å². The van der Waals surface area contributed by atoms with Crippen LogP contribution in [0.4, 0.5) is 8.78 Å². The van der Waals surface area contributed by atoms with Crippen molar-refractivity contribution in [2.45, 2.75) is 12.3 Å². The Kier molecular flexibility index (Phi) is 3.46. The maximum absolute atomic E-state index is 12.4. The fourth-order valence-corrected chi connectivity index (χ4v) is 1.28. The monoisotopic (exact) mass is 223 g/mol. The van der Waals surface area contributed by atoms with Gasteiger partial charge >= 0.3 is 0 Å². The molecule has 0 aliphatic heterocycles. The largest absolute Gasteiger partial charge is 0.482 e. The Balaban J connectivity index is 3.35. The summed E-state index contributed by atoms with van der Waals surface area (Å²) in [6.45, 7) is 0. The summed E-state index contributed by atoms with van der Waals surface area (Å²) >= 11 is 5.44. The van der Waals surface area contributed by atoms with Crippen molar-refractivity contribution in [3.8, 4) is 5.88 Å². The van der Waals surface area contributed by atoms with Crippen molar-refractivity contribution in [3.63, 3.8) is 0 Å².